The first-order chi connectivity index (χ1) is 17.9. The number of amides is 2. The van der Waals surface area contributed by atoms with Crippen LogP contribution in [0, 0.1) is 0 Å². The van der Waals surface area contributed by atoms with E-state index >= 15 is 0 Å². The van der Waals surface area contributed by atoms with Gasteiger partial charge >= 0.3 is 12.0 Å². The summed E-state index contributed by atoms with van der Waals surface area (Å²) in [6, 6.07) is 15.3. The van der Waals surface area contributed by atoms with E-state index < -0.39 is 5.97 Å². The van der Waals surface area contributed by atoms with Crippen molar-refractivity contribution >= 4 is 12.0 Å². The van der Waals surface area contributed by atoms with Gasteiger partial charge in [0.1, 0.15) is 13.2 Å². The second-order valence-electron chi connectivity index (χ2n) is 8.87. The Bertz CT molecular complexity index is 950. The van der Waals surface area contributed by atoms with Crippen LogP contribution in [-0.4, -0.2) is 67.7 Å². The monoisotopic (exact) mass is 513 g/mol. The Labute approximate surface area is 221 Å². The molecule has 0 fully saturated rings. The molecule has 204 valence electrons. The van der Waals surface area contributed by atoms with Gasteiger partial charge in [-0.1, -0.05) is 50.2 Å². The maximum absolute atomic E-state index is 13.2. The van der Waals surface area contributed by atoms with Crippen molar-refractivity contribution in [2.75, 3.05) is 39.9 Å². The first-order valence-electron chi connectivity index (χ1n) is 13.2. The molecule has 0 aliphatic heterocycles. The van der Waals surface area contributed by atoms with Crippen molar-refractivity contribution in [2.24, 2.45) is 0 Å². The molecule has 1 unspecified atom stereocenters. The Hall–Kier alpha value is -3.26. The largest absolute Gasteiger partial charge is 0.493 e. The quantitative estimate of drug-likeness (QED) is 0.323. The number of nitrogens with one attached hydrogen (secondary N) is 1. The van der Waals surface area contributed by atoms with E-state index in [1.165, 1.54) is 0 Å². The normalized spacial score (nSPS) is 11.6. The van der Waals surface area contributed by atoms with Crippen LogP contribution in [0.4, 0.5) is 4.79 Å². The molecule has 2 rings (SSSR count). The van der Waals surface area contributed by atoms with Gasteiger partial charge in [0, 0.05) is 12.6 Å². The van der Waals surface area contributed by atoms with Crippen LogP contribution in [0.5, 0.6) is 11.5 Å². The van der Waals surface area contributed by atoms with Crippen LogP contribution in [-0.2, 0) is 22.7 Å². The zero-order chi connectivity index (χ0) is 27.0. The fraction of sp³-hybridized carbons (Fsp3) is 0.517. The number of ether oxygens (including phenoxy) is 3. The Morgan fingerprint density at radius 2 is 1.70 bits per heavy atom. The Balaban J connectivity index is 2.15. The van der Waals surface area contributed by atoms with Gasteiger partial charge in [0.25, 0.3) is 0 Å². The molecule has 0 aliphatic carbocycles. The minimum absolute atomic E-state index is 0.0338. The molecule has 1 N–H and O–H groups in total. The number of benzene rings is 2. The van der Waals surface area contributed by atoms with E-state index in [1.807, 2.05) is 55.5 Å². The van der Waals surface area contributed by atoms with E-state index in [9.17, 15) is 9.59 Å². The van der Waals surface area contributed by atoms with Crippen molar-refractivity contribution in [2.45, 2.75) is 59.7 Å². The van der Waals surface area contributed by atoms with Crippen LogP contribution < -0.4 is 14.8 Å². The van der Waals surface area contributed by atoms with Gasteiger partial charge < -0.3 is 29.3 Å². The zero-order valence-corrected chi connectivity index (χ0v) is 23.0. The Morgan fingerprint density at radius 3 is 2.35 bits per heavy atom. The summed E-state index contributed by atoms with van der Waals surface area (Å²) in [7, 11) is 1.61. The highest BCUT2D eigenvalue weighted by Crippen LogP contribution is 2.30. The second-order valence-corrected chi connectivity index (χ2v) is 8.87. The maximum atomic E-state index is 13.2. The lowest BCUT2D eigenvalue weighted by Crippen LogP contribution is -2.46. The molecule has 0 spiro atoms. The molecule has 8 nitrogen and oxygen atoms in total. The number of carbonyl (C=O) groups excluding carboxylic acids is 2. The summed E-state index contributed by atoms with van der Waals surface area (Å²) in [5.41, 5.74) is 1.96. The van der Waals surface area contributed by atoms with Crippen LogP contribution in [0.1, 0.15) is 51.7 Å². The number of methoxy groups -OCH3 is 1. The Morgan fingerprint density at radius 1 is 0.973 bits per heavy atom. The summed E-state index contributed by atoms with van der Waals surface area (Å²) in [4.78, 5) is 29.1. The van der Waals surface area contributed by atoms with E-state index in [1.54, 1.807) is 18.9 Å². The average molecular weight is 514 g/mol. The van der Waals surface area contributed by atoms with Crippen molar-refractivity contribution in [3.63, 3.8) is 0 Å². The molecule has 1 atom stereocenters. The van der Waals surface area contributed by atoms with Gasteiger partial charge in [0.05, 0.1) is 13.7 Å². The van der Waals surface area contributed by atoms with E-state index in [2.05, 4.69) is 24.1 Å². The molecule has 0 saturated carbocycles. The molecule has 2 aromatic carbocycles. The summed E-state index contributed by atoms with van der Waals surface area (Å²) >= 11 is 0. The van der Waals surface area contributed by atoms with Crippen LogP contribution in [0.3, 0.4) is 0 Å². The zero-order valence-electron chi connectivity index (χ0n) is 23.0. The third kappa shape index (κ3) is 10.3. The van der Waals surface area contributed by atoms with Gasteiger partial charge in [0.2, 0.25) is 0 Å². The van der Waals surface area contributed by atoms with Gasteiger partial charge in [-0.2, -0.15) is 0 Å². The predicted octanol–water partition coefficient (Wildman–Crippen LogP) is 4.86. The minimum Gasteiger partial charge on any atom is -0.493 e. The van der Waals surface area contributed by atoms with Crippen molar-refractivity contribution in [1.29, 1.82) is 0 Å². The van der Waals surface area contributed by atoms with Gasteiger partial charge in [-0.3, -0.25) is 4.79 Å². The lowest BCUT2D eigenvalue weighted by atomic mass is 10.1. The molecule has 0 aliphatic rings. The SMILES string of the molecule is CCOC(=O)CNC(=O)N(Cc1ccc(OC)c(OCc2ccccc2)c1)C(C)CCCN(CC)CC. The van der Waals surface area contributed by atoms with Crippen molar-refractivity contribution in [3.8, 4) is 11.5 Å². The third-order valence-electron chi connectivity index (χ3n) is 6.29. The second kappa shape index (κ2) is 16.5. The molecular weight excluding hydrogens is 470 g/mol. The molecule has 0 aromatic heterocycles. The highest BCUT2D eigenvalue weighted by molar-refractivity contribution is 5.81. The van der Waals surface area contributed by atoms with Crippen LogP contribution >= 0.6 is 0 Å². The fourth-order valence-electron chi connectivity index (χ4n) is 4.06. The number of rotatable bonds is 16. The number of urea groups is 1. The van der Waals surface area contributed by atoms with E-state index in [0.717, 1.165) is 43.6 Å². The van der Waals surface area contributed by atoms with E-state index in [-0.39, 0.29) is 25.2 Å². The first kappa shape index (κ1) is 30.0. The van der Waals surface area contributed by atoms with Gasteiger partial charge in [-0.15, -0.1) is 0 Å². The molecule has 0 saturated heterocycles. The van der Waals surface area contributed by atoms with Crippen molar-refractivity contribution in [3.05, 3.63) is 59.7 Å². The number of hydrogen-bond donors (Lipinski definition) is 1. The summed E-state index contributed by atoms with van der Waals surface area (Å²) < 4.78 is 16.5. The summed E-state index contributed by atoms with van der Waals surface area (Å²) in [5, 5.41) is 2.72. The number of hydrogen-bond acceptors (Lipinski definition) is 6. The lowest BCUT2D eigenvalue weighted by Gasteiger charge is -2.30. The fourth-order valence-corrected chi connectivity index (χ4v) is 4.06. The molecule has 0 bridgehead atoms. The van der Waals surface area contributed by atoms with Gasteiger partial charge in [-0.25, -0.2) is 4.79 Å². The highest BCUT2D eigenvalue weighted by atomic mass is 16.5. The number of carbonyl (C=O) groups is 2. The van der Waals surface area contributed by atoms with Gasteiger partial charge in [-0.05, 0) is 69.6 Å². The first-order valence-corrected chi connectivity index (χ1v) is 13.2. The van der Waals surface area contributed by atoms with Crippen molar-refractivity contribution < 1.29 is 23.8 Å². The topological polar surface area (TPSA) is 80.3 Å². The molecule has 0 heterocycles. The highest BCUT2D eigenvalue weighted by Gasteiger charge is 2.22. The van der Waals surface area contributed by atoms with Crippen LogP contribution in [0.25, 0.3) is 0 Å². The maximum Gasteiger partial charge on any atom is 0.325 e. The predicted molar refractivity (Wildman–Crippen MR) is 146 cm³/mol. The summed E-state index contributed by atoms with van der Waals surface area (Å²) in [5.74, 6) is 0.793. The number of nitrogens with zero attached hydrogens (tertiary/aromatic N) is 2. The Kier molecular flexibility index (Phi) is 13.3. The molecule has 2 aromatic rings. The average Bonchev–Trinajstić information content (AvgIpc) is 2.92. The van der Waals surface area contributed by atoms with Crippen molar-refractivity contribution in [1.82, 2.24) is 15.1 Å². The van der Waals surface area contributed by atoms with E-state index in [0.29, 0.717) is 24.7 Å². The van der Waals surface area contributed by atoms with Crippen LogP contribution in [0.2, 0.25) is 0 Å². The molecular formula is C29H43N3O5. The van der Waals surface area contributed by atoms with Gasteiger partial charge in [0.15, 0.2) is 11.5 Å². The standard InChI is InChI=1S/C29H43N3O5/c1-6-31(7-2)18-12-13-23(4)32(29(34)30-20-28(33)36-8-3)21-25-16-17-26(35-5)27(19-25)37-22-24-14-10-9-11-15-24/h9-11,14-17,19,23H,6-8,12-13,18,20-22H2,1-5H3,(H,30,34). The van der Waals surface area contributed by atoms with Crippen LogP contribution in [0.15, 0.2) is 48.5 Å². The minimum atomic E-state index is -0.453. The number of esters is 1. The summed E-state index contributed by atoms with van der Waals surface area (Å²) in [6.45, 7) is 12.0. The van der Waals surface area contributed by atoms with E-state index in [4.69, 9.17) is 14.2 Å². The lowest BCUT2D eigenvalue weighted by molar-refractivity contribution is -0.141. The molecule has 8 heteroatoms. The summed E-state index contributed by atoms with van der Waals surface area (Å²) in [6.07, 6.45) is 1.81. The molecule has 2 amide bonds. The molecule has 37 heavy (non-hydrogen) atoms. The molecule has 0 radical (unpaired) electrons. The third-order valence-corrected chi connectivity index (χ3v) is 6.29. The smallest absolute Gasteiger partial charge is 0.325 e.